The van der Waals surface area contributed by atoms with Crippen LogP contribution >= 0.6 is 0 Å². The van der Waals surface area contributed by atoms with Gasteiger partial charge in [0.1, 0.15) is 17.4 Å². The molecule has 2 aliphatic rings. The van der Waals surface area contributed by atoms with Crippen molar-refractivity contribution in [3.05, 3.63) is 64.6 Å². The smallest absolute Gasteiger partial charge is 0.336 e. The minimum atomic E-state index is -0.370. The summed E-state index contributed by atoms with van der Waals surface area (Å²) in [5.74, 6) is 1.04. The second kappa shape index (κ2) is 9.09. The fraction of sp³-hybridized carbons (Fsp3) is 0.517. The summed E-state index contributed by atoms with van der Waals surface area (Å²) in [6.45, 7) is 15.5. The second-order valence-corrected chi connectivity index (χ2v) is 10.8. The van der Waals surface area contributed by atoms with Crippen LogP contribution in [0.3, 0.4) is 0 Å². The monoisotopic (exact) mass is 464 g/mol. The SMILES string of the molecule is C=C1CC[C@@H]2C(C)(C)[C@H](OC(=O)/C(C)=C\C)CC[C@@]2(C)[C@H]1COc1ccc2ccc(=O)oc2c1. The lowest BCUT2D eigenvalue weighted by atomic mass is 9.47. The summed E-state index contributed by atoms with van der Waals surface area (Å²) in [6, 6.07) is 8.78. The van der Waals surface area contributed by atoms with Gasteiger partial charge in [0.05, 0.1) is 6.61 Å². The number of benzene rings is 1. The molecule has 34 heavy (non-hydrogen) atoms. The summed E-state index contributed by atoms with van der Waals surface area (Å²) in [5, 5.41) is 0.865. The van der Waals surface area contributed by atoms with Gasteiger partial charge in [-0.2, -0.15) is 0 Å². The molecule has 5 heteroatoms. The van der Waals surface area contributed by atoms with Gasteiger partial charge in [-0.25, -0.2) is 9.59 Å². The predicted octanol–water partition coefficient (Wildman–Crippen LogP) is 6.46. The molecule has 5 nitrogen and oxygen atoms in total. The maximum Gasteiger partial charge on any atom is 0.336 e. The van der Waals surface area contributed by atoms with Crippen LogP contribution in [-0.4, -0.2) is 18.7 Å². The van der Waals surface area contributed by atoms with E-state index in [4.69, 9.17) is 13.9 Å². The van der Waals surface area contributed by atoms with E-state index in [-0.39, 0.29) is 34.4 Å². The molecule has 0 aliphatic heterocycles. The normalized spacial score (nSPS) is 28.9. The Labute approximate surface area is 201 Å². The Kier molecular flexibility index (Phi) is 6.50. The number of carbonyl (C=O) groups is 1. The first kappa shape index (κ1) is 24.3. The zero-order chi connectivity index (χ0) is 24.7. The van der Waals surface area contributed by atoms with Crippen molar-refractivity contribution in [2.45, 2.75) is 66.4 Å². The average Bonchev–Trinajstić information content (AvgIpc) is 2.79. The molecular weight excluding hydrogens is 428 g/mol. The zero-order valence-corrected chi connectivity index (χ0v) is 21.0. The number of fused-ring (bicyclic) bond motifs is 2. The van der Waals surface area contributed by atoms with Crippen LogP contribution in [0.25, 0.3) is 11.0 Å². The van der Waals surface area contributed by atoms with Gasteiger partial charge in [-0.05, 0) is 69.1 Å². The number of hydrogen-bond acceptors (Lipinski definition) is 5. The third-order valence-corrected chi connectivity index (χ3v) is 8.53. The summed E-state index contributed by atoms with van der Waals surface area (Å²) in [5.41, 5.74) is 1.88. The van der Waals surface area contributed by atoms with Gasteiger partial charge in [0.15, 0.2) is 0 Å². The van der Waals surface area contributed by atoms with Gasteiger partial charge in [-0.15, -0.1) is 0 Å². The minimum Gasteiger partial charge on any atom is -0.493 e. The predicted molar refractivity (Wildman–Crippen MR) is 134 cm³/mol. The van der Waals surface area contributed by atoms with E-state index >= 15 is 0 Å². The quantitative estimate of drug-likeness (QED) is 0.220. The van der Waals surface area contributed by atoms with Gasteiger partial charge in [0.2, 0.25) is 0 Å². The summed E-state index contributed by atoms with van der Waals surface area (Å²) in [4.78, 5) is 24.1. The molecule has 4 rings (SSSR count). The molecule has 2 aliphatic carbocycles. The highest BCUT2D eigenvalue weighted by molar-refractivity contribution is 5.87. The molecule has 0 saturated heterocycles. The fourth-order valence-electron chi connectivity index (χ4n) is 6.32. The van der Waals surface area contributed by atoms with Crippen molar-refractivity contribution in [3.63, 3.8) is 0 Å². The van der Waals surface area contributed by atoms with E-state index in [1.165, 1.54) is 11.6 Å². The van der Waals surface area contributed by atoms with Crippen LogP contribution < -0.4 is 10.4 Å². The lowest BCUT2D eigenvalue weighted by molar-refractivity contribution is -0.173. The van der Waals surface area contributed by atoms with Crippen molar-refractivity contribution in [2.75, 3.05) is 6.61 Å². The van der Waals surface area contributed by atoms with Crippen molar-refractivity contribution in [2.24, 2.45) is 22.7 Å². The molecule has 2 saturated carbocycles. The Hall–Kier alpha value is -2.82. The Morgan fingerprint density at radius 2 is 1.94 bits per heavy atom. The molecular formula is C29H36O5. The molecule has 0 spiro atoms. The van der Waals surface area contributed by atoms with E-state index in [2.05, 4.69) is 27.4 Å². The Morgan fingerprint density at radius 3 is 2.68 bits per heavy atom. The van der Waals surface area contributed by atoms with E-state index < -0.39 is 0 Å². The Bertz CT molecular complexity index is 1190. The standard InChI is InChI=1S/C29H36O5/c1-7-18(2)27(31)34-25-14-15-29(6)22(19(3)8-12-24(29)28(25,4)5)17-32-21-11-9-20-10-13-26(30)33-23(20)16-21/h7,9-11,13,16,22,24-25H,3,8,12,14-15,17H2,1-2,4-6H3/b18-7-/t22-,24+,25+,29-/m0/s1. The van der Waals surface area contributed by atoms with Crippen LogP contribution in [0.2, 0.25) is 0 Å². The third kappa shape index (κ3) is 4.33. The van der Waals surface area contributed by atoms with Crippen LogP contribution in [0, 0.1) is 22.7 Å². The van der Waals surface area contributed by atoms with Gasteiger partial charge >= 0.3 is 11.6 Å². The maximum atomic E-state index is 12.5. The Balaban J connectivity index is 1.54. The number of esters is 1. The molecule has 0 amide bonds. The molecule has 2 fully saturated rings. The fourth-order valence-corrected chi connectivity index (χ4v) is 6.32. The van der Waals surface area contributed by atoms with Gasteiger partial charge in [-0.1, -0.05) is 39.0 Å². The molecule has 182 valence electrons. The van der Waals surface area contributed by atoms with Crippen LogP contribution in [0.1, 0.15) is 60.3 Å². The first-order valence-corrected chi connectivity index (χ1v) is 12.2. The van der Waals surface area contributed by atoms with E-state index in [1.807, 2.05) is 19.1 Å². The largest absolute Gasteiger partial charge is 0.493 e. The first-order chi connectivity index (χ1) is 16.1. The van der Waals surface area contributed by atoms with Gasteiger partial charge in [0.25, 0.3) is 0 Å². The number of allylic oxidation sites excluding steroid dienone is 1. The zero-order valence-electron chi connectivity index (χ0n) is 21.0. The molecule has 0 unspecified atom stereocenters. The topological polar surface area (TPSA) is 65.7 Å². The third-order valence-electron chi connectivity index (χ3n) is 8.53. The van der Waals surface area contributed by atoms with E-state index in [0.29, 0.717) is 29.4 Å². The summed E-state index contributed by atoms with van der Waals surface area (Å²) in [7, 11) is 0. The van der Waals surface area contributed by atoms with Crippen molar-refractivity contribution in [1.29, 1.82) is 0 Å². The molecule has 2 aromatic rings. The number of carbonyl (C=O) groups excluding carboxylic acids is 1. The van der Waals surface area contributed by atoms with E-state index in [9.17, 15) is 9.59 Å². The average molecular weight is 465 g/mol. The maximum absolute atomic E-state index is 12.5. The lowest BCUT2D eigenvalue weighted by Gasteiger charge is -2.59. The number of ether oxygens (including phenoxy) is 2. The first-order valence-electron chi connectivity index (χ1n) is 12.2. The molecule has 4 atom stereocenters. The molecule has 0 radical (unpaired) electrons. The van der Waals surface area contributed by atoms with Crippen LogP contribution in [0.15, 0.2) is 63.3 Å². The highest BCUT2D eigenvalue weighted by Gasteiger charge is 2.57. The van der Waals surface area contributed by atoms with Crippen molar-refractivity contribution < 1.29 is 18.7 Å². The molecule has 0 N–H and O–H groups in total. The Morgan fingerprint density at radius 1 is 1.21 bits per heavy atom. The second-order valence-electron chi connectivity index (χ2n) is 10.8. The van der Waals surface area contributed by atoms with Gasteiger partial charge < -0.3 is 13.9 Å². The minimum absolute atomic E-state index is 0.000786. The van der Waals surface area contributed by atoms with Crippen LogP contribution in [-0.2, 0) is 9.53 Å². The van der Waals surface area contributed by atoms with Crippen molar-refractivity contribution >= 4 is 16.9 Å². The highest BCUT2D eigenvalue weighted by atomic mass is 16.5. The van der Waals surface area contributed by atoms with Crippen molar-refractivity contribution in [3.8, 4) is 5.75 Å². The molecule has 1 aromatic heterocycles. The van der Waals surface area contributed by atoms with Crippen LogP contribution in [0.5, 0.6) is 5.75 Å². The van der Waals surface area contributed by atoms with Crippen LogP contribution in [0.4, 0.5) is 0 Å². The molecule has 1 aromatic carbocycles. The van der Waals surface area contributed by atoms with Crippen molar-refractivity contribution in [1.82, 2.24) is 0 Å². The molecule has 0 bridgehead atoms. The van der Waals surface area contributed by atoms with Gasteiger partial charge in [-0.3, -0.25) is 0 Å². The van der Waals surface area contributed by atoms with E-state index in [0.717, 1.165) is 31.1 Å². The number of hydrogen-bond donors (Lipinski definition) is 0. The lowest BCUT2D eigenvalue weighted by Crippen LogP contribution is -2.56. The van der Waals surface area contributed by atoms with E-state index in [1.54, 1.807) is 25.1 Å². The number of rotatable bonds is 5. The molecule has 1 heterocycles. The summed E-state index contributed by atoms with van der Waals surface area (Å²) in [6.07, 6.45) is 5.46. The highest BCUT2D eigenvalue weighted by Crippen LogP contribution is 2.61. The summed E-state index contributed by atoms with van der Waals surface area (Å²) >= 11 is 0. The van der Waals surface area contributed by atoms with Gasteiger partial charge in [0, 0.05) is 34.4 Å². The summed E-state index contributed by atoms with van der Waals surface area (Å²) < 4.78 is 17.6.